The predicted octanol–water partition coefficient (Wildman–Crippen LogP) is 2.41. The number of aliphatic hydroxyl groups is 1. The molecule has 0 bridgehead atoms. The summed E-state index contributed by atoms with van der Waals surface area (Å²) < 4.78 is 10.1. The van der Waals surface area contributed by atoms with E-state index in [1.807, 2.05) is 0 Å². The van der Waals surface area contributed by atoms with E-state index in [-0.39, 0.29) is 0 Å². The molecule has 1 atom stereocenters. The number of rotatable bonds is 3. The molecule has 1 unspecified atom stereocenters. The van der Waals surface area contributed by atoms with Crippen LogP contribution in [0, 0.1) is 0 Å². The lowest BCUT2D eigenvalue weighted by Crippen LogP contribution is -1.98. The molecule has 0 spiro atoms. The lowest BCUT2D eigenvalue weighted by atomic mass is 10.1. The molecule has 0 amide bonds. The standard InChI is InChI=1S/C10H13ClO3/c1-6(12)7-4-5-8(13-2)9(11)10(7)14-3/h4-6,12H,1-3H3. The van der Waals surface area contributed by atoms with Gasteiger partial charge in [-0.15, -0.1) is 0 Å². The number of hydrogen-bond donors (Lipinski definition) is 1. The molecule has 0 fully saturated rings. The Bertz CT molecular complexity index is 323. The summed E-state index contributed by atoms with van der Waals surface area (Å²) in [5, 5.41) is 9.83. The van der Waals surface area contributed by atoms with Gasteiger partial charge in [-0.2, -0.15) is 0 Å². The van der Waals surface area contributed by atoms with Crippen LogP contribution >= 0.6 is 11.6 Å². The van der Waals surface area contributed by atoms with E-state index in [2.05, 4.69) is 0 Å². The zero-order valence-corrected chi connectivity index (χ0v) is 9.13. The number of ether oxygens (including phenoxy) is 2. The Hall–Kier alpha value is -0.930. The minimum absolute atomic E-state index is 0.383. The van der Waals surface area contributed by atoms with Gasteiger partial charge in [0.1, 0.15) is 16.5 Å². The van der Waals surface area contributed by atoms with Crippen molar-refractivity contribution in [2.75, 3.05) is 14.2 Å². The van der Waals surface area contributed by atoms with Crippen LogP contribution in [0.2, 0.25) is 5.02 Å². The highest BCUT2D eigenvalue weighted by molar-refractivity contribution is 6.33. The minimum atomic E-state index is -0.617. The van der Waals surface area contributed by atoms with Crippen molar-refractivity contribution in [3.05, 3.63) is 22.7 Å². The summed E-state index contributed by atoms with van der Waals surface area (Å²) >= 11 is 6.00. The first-order chi connectivity index (χ1) is 6.61. The van der Waals surface area contributed by atoms with E-state index in [4.69, 9.17) is 21.1 Å². The van der Waals surface area contributed by atoms with Gasteiger partial charge in [-0.05, 0) is 19.1 Å². The molecule has 1 aromatic rings. The SMILES string of the molecule is COc1ccc(C(C)O)c(OC)c1Cl. The highest BCUT2D eigenvalue weighted by atomic mass is 35.5. The van der Waals surface area contributed by atoms with Gasteiger partial charge >= 0.3 is 0 Å². The second kappa shape index (κ2) is 4.53. The maximum atomic E-state index is 9.44. The van der Waals surface area contributed by atoms with E-state index >= 15 is 0 Å². The zero-order valence-electron chi connectivity index (χ0n) is 8.37. The van der Waals surface area contributed by atoms with Crippen molar-refractivity contribution in [3.63, 3.8) is 0 Å². The third-order valence-corrected chi connectivity index (χ3v) is 2.32. The van der Waals surface area contributed by atoms with Crippen molar-refractivity contribution in [2.45, 2.75) is 13.0 Å². The first-order valence-corrected chi connectivity index (χ1v) is 4.58. The molecule has 1 N–H and O–H groups in total. The molecule has 0 heterocycles. The van der Waals surface area contributed by atoms with Gasteiger partial charge in [0.2, 0.25) is 0 Å². The largest absolute Gasteiger partial charge is 0.495 e. The number of methoxy groups -OCH3 is 2. The molecule has 1 aromatic carbocycles. The van der Waals surface area contributed by atoms with E-state index in [1.54, 1.807) is 19.1 Å². The highest BCUT2D eigenvalue weighted by Gasteiger charge is 2.15. The van der Waals surface area contributed by atoms with Crippen molar-refractivity contribution in [1.82, 2.24) is 0 Å². The normalized spacial score (nSPS) is 12.4. The molecule has 1 rings (SSSR count). The van der Waals surface area contributed by atoms with Crippen LogP contribution in [0.15, 0.2) is 12.1 Å². The topological polar surface area (TPSA) is 38.7 Å². The summed E-state index contributed by atoms with van der Waals surface area (Å²) in [6, 6.07) is 3.43. The Morgan fingerprint density at radius 1 is 1.29 bits per heavy atom. The summed E-state index contributed by atoms with van der Waals surface area (Å²) in [5.74, 6) is 0.994. The molecule has 0 saturated carbocycles. The quantitative estimate of drug-likeness (QED) is 0.844. The van der Waals surface area contributed by atoms with Gasteiger partial charge in [0.25, 0.3) is 0 Å². The fourth-order valence-corrected chi connectivity index (χ4v) is 1.57. The fourth-order valence-electron chi connectivity index (χ4n) is 1.25. The van der Waals surface area contributed by atoms with Crippen molar-refractivity contribution in [3.8, 4) is 11.5 Å². The molecule has 14 heavy (non-hydrogen) atoms. The van der Waals surface area contributed by atoms with E-state index in [9.17, 15) is 5.11 Å². The van der Waals surface area contributed by atoms with Gasteiger partial charge in [-0.1, -0.05) is 11.6 Å². The minimum Gasteiger partial charge on any atom is -0.495 e. The Balaban J connectivity index is 3.28. The van der Waals surface area contributed by atoms with Gasteiger partial charge in [-0.3, -0.25) is 0 Å². The molecule has 0 aromatic heterocycles. The molecule has 0 aliphatic heterocycles. The molecule has 0 aliphatic rings. The van der Waals surface area contributed by atoms with E-state index in [0.717, 1.165) is 0 Å². The Morgan fingerprint density at radius 2 is 1.93 bits per heavy atom. The van der Waals surface area contributed by atoms with Gasteiger partial charge < -0.3 is 14.6 Å². The van der Waals surface area contributed by atoms with Gasteiger partial charge in [0.05, 0.1) is 20.3 Å². The van der Waals surface area contributed by atoms with Crippen LogP contribution in [0.25, 0.3) is 0 Å². The molecule has 0 aliphatic carbocycles. The van der Waals surface area contributed by atoms with Crippen molar-refractivity contribution >= 4 is 11.6 Å². The molecular weight excluding hydrogens is 204 g/mol. The monoisotopic (exact) mass is 216 g/mol. The summed E-state index contributed by atoms with van der Waals surface area (Å²) in [5.41, 5.74) is 0.651. The Morgan fingerprint density at radius 3 is 2.36 bits per heavy atom. The van der Waals surface area contributed by atoms with Crippen LogP contribution in [-0.2, 0) is 0 Å². The summed E-state index contributed by atoms with van der Waals surface area (Å²) in [6.45, 7) is 1.65. The molecule has 78 valence electrons. The Kier molecular flexibility index (Phi) is 3.61. The maximum Gasteiger partial charge on any atom is 0.147 e. The van der Waals surface area contributed by atoms with E-state index in [1.165, 1.54) is 14.2 Å². The van der Waals surface area contributed by atoms with E-state index < -0.39 is 6.10 Å². The zero-order chi connectivity index (χ0) is 10.7. The van der Waals surface area contributed by atoms with Crippen LogP contribution in [0.3, 0.4) is 0 Å². The van der Waals surface area contributed by atoms with Crippen LogP contribution in [0.4, 0.5) is 0 Å². The third kappa shape index (κ3) is 1.94. The number of benzene rings is 1. The summed E-state index contributed by atoms with van der Waals surface area (Å²) in [6.07, 6.45) is -0.617. The van der Waals surface area contributed by atoms with Crippen LogP contribution in [-0.4, -0.2) is 19.3 Å². The molecule has 4 heteroatoms. The lowest BCUT2D eigenvalue weighted by molar-refractivity contribution is 0.194. The Labute approximate surface area is 88.2 Å². The van der Waals surface area contributed by atoms with Crippen molar-refractivity contribution in [2.24, 2.45) is 0 Å². The van der Waals surface area contributed by atoms with Crippen molar-refractivity contribution in [1.29, 1.82) is 0 Å². The first kappa shape index (κ1) is 11.1. The van der Waals surface area contributed by atoms with Gasteiger partial charge in [-0.25, -0.2) is 0 Å². The number of hydrogen-bond acceptors (Lipinski definition) is 3. The summed E-state index contributed by atoms with van der Waals surface area (Å²) in [7, 11) is 3.04. The molecular formula is C10H13ClO3. The highest BCUT2D eigenvalue weighted by Crippen LogP contribution is 2.39. The van der Waals surface area contributed by atoms with Gasteiger partial charge in [0.15, 0.2) is 0 Å². The molecule has 0 radical (unpaired) electrons. The number of halogens is 1. The van der Waals surface area contributed by atoms with E-state index in [0.29, 0.717) is 22.1 Å². The third-order valence-electron chi connectivity index (χ3n) is 1.97. The maximum absolute atomic E-state index is 9.44. The predicted molar refractivity (Wildman–Crippen MR) is 55.2 cm³/mol. The second-order valence-electron chi connectivity index (χ2n) is 2.88. The fraction of sp³-hybridized carbons (Fsp3) is 0.400. The smallest absolute Gasteiger partial charge is 0.147 e. The van der Waals surface area contributed by atoms with Crippen LogP contribution in [0.5, 0.6) is 11.5 Å². The number of aliphatic hydroxyl groups excluding tert-OH is 1. The van der Waals surface area contributed by atoms with Crippen molar-refractivity contribution < 1.29 is 14.6 Å². The summed E-state index contributed by atoms with van der Waals surface area (Å²) in [4.78, 5) is 0. The average Bonchev–Trinajstić information content (AvgIpc) is 2.17. The first-order valence-electron chi connectivity index (χ1n) is 4.20. The van der Waals surface area contributed by atoms with Gasteiger partial charge in [0, 0.05) is 5.56 Å². The molecule has 3 nitrogen and oxygen atoms in total. The average molecular weight is 217 g/mol. The second-order valence-corrected chi connectivity index (χ2v) is 3.26. The van der Waals surface area contributed by atoms with Crippen LogP contribution < -0.4 is 9.47 Å². The lowest BCUT2D eigenvalue weighted by Gasteiger charge is -2.14. The molecule has 0 saturated heterocycles. The van der Waals surface area contributed by atoms with Crippen LogP contribution in [0.1, 0.15) is 18.6 Å².